The number of hydrogen-bond acceptors (Lipinski definition) is 1. The Morgan fingerprint density at radius 2 is 2.30 bits per heavy atom. The van der Waals surface area contributed by atoms with E-state index < -0.39 is 0 Å². The Bertz CT molecular complexity index is 138. The zero-order valence-electron chi connectivity index (χ0n) is 6.06. The van der Waals surface area contributed by atoms with Crippen molar-refractivity contribution in [1.29, 1.82) is 0 Å². The first-order valence-corrected chi connectivity index (χ1v) is 4.86. The van der Waals surface area contributed by atoms with Crippen molar-refractivity contribution >= 4 is 28.5 Å². The van der Waals surface area contributed by atoms with Gasteiger partial charge >= 0.3 is 0 Å². The molecule has 58 valence electrons. The molecule has 0 aromatic rings. The Morgan fingerprint density at radius 1 is 1.60 bits per heavy atom. The molecular weight excluding hydrogens is 241 g/mol. The molecule has 1 aliphatic carbocycles. The first-order chi connectivity index (χ1) is 4.75. The van der Waals surface area contributed by atoms with Crippen molar-refractivity contribution in [3.05, 3.63) is 0 Å². The van der Waals surface area contributed by atoms with E-state index in [9.17, 15) is 4.79 Å². The summed E-state index contributed by atoms with van der Waals surface area (Å²) in [5.41, 5.74) is 0. The van der Waals surface area contributed by atoms with Gasteiger partial charge in [-0.25, -0.2) is 0 Å². The third kappa shape index (κ3) is 1.62. The van der Waals surface area contributed by atoms with Gasteiger partial charge in [0, 0.05) is 16.9 Å². The van der Waals surface area contributed by atoms with Crippen LogP contribution in [0.2, 0.25) is 0 Å². The minimum Gasteiger partial charge on any atom is -0.359 e. The number of carbonyl (C=O) groups is 1. The van der Waals surface area contributed by atoms with Gasteiger partial charge in [-0.05, 0) is 12.8 Å². The summed E-state index contributed by atoms with van der Waals surface area (Å²) < 4.78 is 0.567. The van der Waals surface area contributed by atoms with Gasteiger partial charge in [0.2, 0.25) is 5.91 Å². The first-order valence-electron chi connectivity index (χ1n) is 3.61. The minimum atomic E-state index is 0.219. The lowest BCUT2D eigenvalue weighted by Crippen LogP contribution is -2.29. The second-order valence-corrected chi connectivity index (χ2v) is 4.27. The zero-order chi connectivity index (χ0) is 7.56. The van der Waals surface area contributed by atoms with Gasteiger partial charge < -0.3 is 5.32 Å². The highest BCUT2D eigenvalue weighted by Gasteiger charge is 2.29. The van der Waals surface area contributed by atoms with Gasteiger partial charge in [-0.3, -0.25) is 4.79 Å². The van der Waals surface area contributed by atoms with Gasteiger partial charge in [0.05, 0.1) is 0 Å². The number of carbonyl (C=O) groups excluding carboxylic acids is 1. The van der Waals surface area contributed by atoms with Gasteiger partial charge in [0.25, 0.3) is 0 Å². The van der Waals surface area contributed by atoms with E-state index in [1.54, 1.807) is 7.05 Å². The standard InChI is InChI=1S/C7H12INO/c1-9-7(10)5-3-2-4-6(5)8/h5-6H,2-4H2,1H3,(H,9,10)/t5-,6-/m0/s1. The Hall–Kier alpha value is 0.200. The number of nitrogens with one attached hydrogen (secondary N) is 1. The van der Waals surface area contributed by atoms with Crippen LogP contribution in [0.4, 0.5) is 0 Å². The number of amides is 1. The van der Waals surface area contributed by atoms with Crippen LogP contribution in [-0.2, 0) is 4.79 Å². The van der Waals surface area contributed by atoms with Crippen LogP contribution in [0, 0.1) is 5.92 Å². The van der Waals surface area contributed by atoms with E-state index in [0.29, 0.717) is 3.92 Å². The normalized spacial score (nSPS) is 32.2. The highest BCUT2D eigenvalue weighted by molar-refractivity contribution is 14.1. The fourth-order valence-electron chi connectivity index (χ4n) is 1.40. The molecule has 1 amide bonds. The second kappa shape index (κ2) is 3.55. The molecule has 2 atom stereocenters. The number of halogens is 1. The summed E-state index contributed by atoms with van der Waals surface area (Å²) in [5, 5.41) is 2.69. The maximum Gasteiger partial charge on any atom is 0.223 e. The molecule has 1 rings (SSSR count). The number of hydrogen-bond donors (Lipinski definition) is 1. The van der Waals surface area contributed by atoms with E-state index in [1.165, 1.54) is 12.8 Å². The molecule has 0 aromatic heterocycles. The molecule has 2 nitrogen and oxygen atoms in total. The maximum atomic E-state index is 11.1. The van der Waals surface area contributed by atoms with Crippen LogP contribution in [-0.4, -0.2) is 16.9 Å². The molecule has 1 fully saturated rings. The van der Waals surface area contributed by atoms with Crippen LogP contribution < -0.4 is 5.32 Å². The summed E-state index contributed by atoms with van der Waals surface area (Å²) in [6.45, 7) is 0. The van der Waals surface area contributed by atoms with E-state index in [2.05, 4.69) is 27.9 Å². The molecule has 0 heterocycles. The summed E-state index contributed by atoms with van der Waals surface area (Å²) >= 11 is 2.37. The van der Waals surface area contributed by atoms with Crippen LogP contribution in [0.3, 0.4) is 0 Å². The lowest BCUT2D eigenvalue weighted by Gasteiger charge is -2.10. The smallest absolute Gasteiger partial charge is 0.223 e. The van der Waals surface area contributed by atoms with E-state index in [0.717, 1.165) is 6.42 Å². The molecule has 0 saturated heterocycles. The Morgan fingerprint density at radius 3 is 2.70 bits per heavy atom. The van der Waals surface area contributed by atoms with Crippen molar-refractivity contribution < 1.29 is 4.79 Å². The van der Waals surface area contributed by atoms with Crippen LogP contribution >= 0.6 is 22.6 Å². The predicted octanol–water partition coefficient (Wildman–Crippen LogP) is 1.34. The highest BCUT2D eigenvalue weighted by atomic mass is 127. The summed E-state index contributed by atoms with van der Waals surface area (Å²) in [6.07, 6.45) is 3.50. The third-order valence-corrected chi connectivity index (χ3v) is 3.51. The monoisotopic (exact) mass is 253 g/mol. The van der Waals surface area contributed by atoms with Gasteiger partial charge in [-0.1, -0.05) is 29.0 Å². The van der Waals surface area contributed by atoms with Gasteiger partial charge in [0.1, 0.15) is 0 Å². The van der Waals surface area contributed by atoms with Crippen molar-refractivity contribution in [2.45, 2.75) is 23.2 Å². The Labute approximate surface area is 74.9 Å². The lowest BCUT2D eigenvalue weighted by atomic mass is 10.1. The summed E-state index contributed by atoms with van der Waals surface area (Å²) in [5.74, 6) is 0.502. The molecule has 1 N–H and O–H groups in total. The molecule has 0 spiro atoms. The summed E-state index contributed by atoms with van der Waals surface area (Å²) in [7, 11) is 1.71. The van der Waals surface area contributed by atoms with Crippen LogP contribution in [0.1, 0.15) is 19.3 Å². The van der Waals surface area contributed by atoms with Crippen LogP contribution in [0.5, 0.6) is 0 Å². The molecular formula is C7H12INO. The van der Waals surface area contributed by atoms with E-state index in [4.69, 9.17) is 0 Å². The van der Waals surface area contributed by atoms with Crippen LogP contribution in [0.25, 0.3) is 0 Å². The molecule has 0 bridgehead atoms. The molecule has 3 heteroatoms. The molecule has 0 unspecified atom stereocenters. The average Bonchev–Trinajstić information content (AvgIpc) is 2.34. The fourth-order valence-corrected chi connectivity index (χ4v) is 2.52. The number of alkyl halides is 1. The maximum absolute atomic E-state index is 11.1. The largest absolute Gasteiger partial charge is 0.359 e. The fraction of sp³-hybridized carbons (Fsp3) is 0.857. The van der Waals surface area contributed by atoms with Crippen molar-refractivity contribution in [2.24, 2.45) is 5.92 Å². The molecule has 0 aromatic carbocycles. The average molecular weight is 253 g/mol. The lowest BCUT2D eigenvalue weighted by molar-refractivity contribution is -0.124. The van der Waals surface area contributed by atoms with Crippen molar-refractivity contribution in [2.75, 3.05) is 7.05 Å². The third-order valence-electron chi connectivity index (χ3n) is 2.01. The van der Waals surface area contributed by atoms with Gasteiger partial charge in [-0.2, -0.15) is 0 Å². The molecule has 0 aliphatic heterocycles. The van der Waals surface area contributed by atoms with E-state index in [1.807, 2.05) is 0 Å². The van der Waals surface area contributed by atoms with Gasteiger partial charge in [-0.15, -0.1) is 0 Å². The summed E-state index contributed by atoms with van der Waals surface area (Å²) in [4.78, 5) is 11.1. The molecule has 1 aliphatic rings. The van der Waals surface area contributed by atoms with Crippen LogP contribution in [0.15, 0.2) is 0 Å². The quantitative estimate of drug-likeness (QED) is 0.554. The van der Waals surface area contributed by atoms with Crippen molar-refractivity contribution in [3.63, 3.8) is 0 Å². The summed E-state index contributed by atoms with van der Waals surface area (Å²) in [6, 6.07) is 0. The highest BCUT2D eigenvalue weighted by Crippen LogP contribution is 2.31. The Kier molecular flexibility index (Phi) is 2.95. The van der Waals surface area contributed by atoms with Gasteiger partial charge in [0.15, 0.2) is 0 Å². The first kappa shape index (κ1) is 8.30. The molecule has 1 saturated carbocycles. The SMILES string of the molecule is CNC(=O)[C@H]1CCC[C@@H]1I. The number of rotatable bonds is 1. The minimum absolute atomic E-state index is 0.219. The molecule has 0 radical (unpaired) electrons. The topological polar surface area (TPSA) is 29.1 Å². The Balaban J connectivity index is 2.46. The van der Waals surface area contributed by atoms with E-state index in [-0.39, 0.29) is 11.8 Å². The zero-order valence-corrected chi connectivity index (χ0v) is 8.22. The van der Waals surface area contributed by atoms with Crippen molar-refractivity contribution in [1.82, 2.24) is 5.32 Å². The second-order valence-electron chi connectivity index (χ2n) is 2.67. The predicted molar refractivity (Wildman–Crippen MR) is 49.2 cm³/mol. The van der Waals surface area contributed by atoms with E-state index >= 15 is 0 Å². The molecule has 10 heavy (non-hydrogen) atoms. The van der Waals surface area contributed by atoms with Crippen molar-refractivity contribution in [3.8, 4) is 0 Å².